The van der Waals surface area contributed by atoms with Crippen molar-refractivity contribution in [2.45, 2.75) is 65.8 Å². The molecule has 1 heteroatoms. The molecule has 0 heterocycles. The van der Waals surface area contributed by atoms with Crippen molar-refractivity contribution in [3.05, 3.63) is 35.4 Å². The second-order valence-corrected chi connectivity index (χ2v) is 7.24. The minimum atomic E-state index is 0.495. The van der Waals surface area contributed by atoms with Gasteiger partial charge in [0.2, 0.25) is 0 Å². The molecule has 20 heavy (non-hydrogen) atoms. The van der Waals surface area contributed by atoms with E-state index in [-0.39, 0.29) is 0 Å². The van der Waals surface area contributed by atoms with E-state index in [1.54, 1.807) is 0 Å². The van der Waals surface area contributed by atoms with Crippen molar-refractivity contribution in [3.8, 4) is 0 Å². The molecular formula is C19H31N. The molecule has 1 aromatic rings. The van der Waals surface area contributed by atoms with Crippen molar-refractivity contribution in [3.63, 3.8) is 0 Å². The average Bonchev–Trinajstić information content (AvgIpc) is 2.74. The van der Waals surface area contributed by atoms with Gasteiger partial charge in [-0.2, -0.15) is 0 Å². The average molecular weight is 273 g/mol. The first kappa shape index (κ1) is 15.6. The number of aryl methyl sites for hydroxylation is 1. The lowest BCUT2D eigenvalue weighted by Crippen LogP contribution is -2.42. The fraction of sp³-hybridized carbons (Fsp3) is 0.684. The number of benzene rings is 1. The molecular weight excluding hydrogens is 242 g/mol. The van der Waals surface area contributed by atoms with Crippen LogP contribution in [0.15, 0.2) is 24.3 Å². The normalized spacial score (nSPS) is 22.9. The second kappa shape index (κ2) is 6.76. The zero-order valence-electron chi connectivity index (χ0n) is 13.7. The summed E-state index contributed by atoms with van der Waals surface area (Å²) in [4.78, 5) is 0. The highest BCUT2D eigenvalue weighted by molar-refractivity contribution is 5.23. The van der Waals surface area contributed by atoms with E-state index in [9.17, 15) is 0 Å². The van der Waals surface area contributed by atoms with E-state index in [1.165, 1.54) is 43.2 Å². The predicted molar refractivity (Wildman–Crippen MR) is 88.1 cm³/mol. The molecule has 1 saturated carbocycles. The summed E-state index contributed by atoms with van der Waals surface area (Å²) in [7, 11) is 0. The number of rotatable bonds is 6. The summed E-state index contributed by atoms with van der Waals surface area (Å²) in [6.07, 6.45) is 6.57. The van der Waals surface area contributed by atoms with Crippen molar-refractivity contribution < 1.29 is 0 Å². The number of nitrogens with one attached hydrogen (secondary N) is 1. The molecule has 0 radical (unpaired) electrons. The van der Waals surface area contributed by atoms with E-state index in [1.807, 2.05) is 0 Å². The van der Waals surface area contributed by atoms with Crippen LogP contribution in [0, 0.1) is 18.3 Å². The first-order valence-corrected chi connectivity index (χ1v) is 8.32. The summed E-state index contributed by atoms with van der Waals surface area (Å²) in [6, 6.07) is 9.66. The van der Waals surface area contributed by atoms with Crippen LogP contribution in [-0.4, -0.2) is 12.6 Å². The van der Waals surface area contributed by atoms with Crippen LogP contribution in [0.25, 0.3) is 0 Å². The van der Waals surface area contributed by atoms with E-state index in [4.69, 9.17) is 0 Å². The molecule has 0 saturated heterocycles. The highest BCUT2D eigenvalue weighted by atomic mass is 14.9. The highest BCUT2D eigenvalue weighted by Gasteiger charge is 2.39. The Morgan fingerprint density at radius 2 is 2.15 bits per heavy atom. The molecule has 0 aromatic heterocycles. The summed E-state index contributed by atoms with van der Waals surface area (Å²) in [5.74, 6) is 0.814. The van der Waals surface area contributed by atoms with Crippen LogP contribution in [-0.2, 0) is 6.42 Å². The molecule has 0 amide bonds. The van der Waals surface area contributed by atoms with E-state index in [0.29, 0.717) is 11.5 Å². The quantitative estimate of drug-likeness (QED) is 0.790. The van der Waals surface area contributed by atoms with Crippen LogP contribution in [0.1, 0.15) is 57.6 Å². The van der Waals surface area contributed by atoms with Gasteiger partial charge in [-0.25, -0.2) is 0 Å². The predicted octanol–water partition coefficient (Wildman–Crippen LogP) is 4.73. The van der Waals surface area contributed by atoms with Gasteiger partial charge in [-0.1, -0.05) is 57.0 Å². The summed E-state index contributed by atoms with van der Waals surface area (Å²) >= 11 is 0. The monoisotopic (exact) mass is 273 g/mol. The van der Waals surface area contributed by atoms with Gasteiger partial charge in [0.15, 0.2) is 0 Å². The van der Waals surface area contributed by atoms with E-state index < -0.39 is 0 Å². The molecule has 0 aliphatic heterocycles. The van der Waals surface area contributed by atoms with Crippen LogP contribution in [0.4, 0.5) is 0 Å². The zero-order valence-corrected chi connectivity index (χ0v) is 13.7. The Kier molecular flexibility index (Phi) is 5.26. The van der Waals surface area contributed by atoms with Gasteiger partial charge >= 0.3 is 0 Å². The van der Waals surface area contributed by atoms with Crippen LogP contribution in [0.2, 0.25) is 0 Å². The Balaban J connectivity index is 2.11. The summed E-state index contributed by atoms with van der Waals surface area (Å²) in [5.41, 5.74) is 3.36. The van der Waals surface area contributed by atoms with E-state index in [0.717, 1.165) is 12.5 Å². The third kappa shape index (κ3) is 3.85. The third-order valence-corrected chi connectivity index (χ3v) is 5.02. The molecule has 1 N–H and O–H groups in total. The van der Waals surface area contributed by atoms with Gasteiger partial charge in [0.05, 0.1) is 0 Å². The first-order valence-electron chi connectivity index (χ1n) is 8.32. The Hall–Kier alpha value is -0.820. The third-order valence-electron chi connectivity index (χ3n) is 5.02. The molecule has 1 aromatic carbocycles. The second-order valence-electron chi connectivity index (χ2n) is 7.24. The Bertz CT molecular complexity index is 422. The zero-order chi connectivity index (χ0) is 14.6. The molecule has 2 rings (SSSR count). The molecule has 1 nitrogen and oxygen atoms in total. The number of hydrogen-bond acceptors (Lipinski definition) is 1. The van der Waals surface area contributed by atoms with Crippen molar-refractivity contribution in [1.82, 2.24) is 5.32 Å². The van der Waals surface area contributed by atoms with E-state index >= 15 is 0 Å². The van der Waals surface area contributed by atoms with Gasteiger partial charge in [-0.3, -0.25) is 0 Å². The fourth-order valence-electron chi connectivity index (χ4n) is 3.88. The van der Waals surface area contributed by atoms with Crippen LogP contribution < -0.4 is 5.32 Å². The molecule has 1 aliphatic carbocycles. The van der Waals surface area contributed by atoms with Gasteiger partial charge in [-0.15, -0.1) is 0 Å². The standard InChI is InChI=1S/C19H31N/c1-5-12-20-18(17-10-7-11-19(17,3)4)14-16-9-6-8-15(2)13-16/h6,8-9,13,17-18,20H,5,7,10-12,14H2,1-4H3. The van der Waals surface area contributed by atoms with Crippen molar-refractivity contribution in [1.29, 1.82) is 0 Å². The van der Waals surface area contributed by atoms with Crippen LogP contribution >= 0.6 is 0 Å². The highest BCUT2D eigenvalue weighted by Crippen LogP contribution is 2.44. The van der Waals surface area contributed by atoms with Crippen LogP contribution in [0.3, 0.4) is 0 Å². The lowest BCUT2D eigenvalue weighted by atomic mass is 9.75. The van der Waals surface area contributed by atoms with E-state index in [2.05, 4.69) is 57.3 Å². The van der Waals surface area contributed by atoms with Crippen molar-refractivity contribution in [2.24, 2.45) is 11.3 Å². The molecule has 1 aliphatic rings. The lowest BCUT2D eigenvalue weighted by Gasteiger charge is -2.35. The maximum atomic E-state index is 3.83. The van der Waals surface area contributed by atoms with Gasteiger partial charge in [0, 0.05) is 6.04 Å². The fourth-order valence-corrected chi connectivity index (χ4v) is 3.88. The molecule has 0 bridgehead atoms. The first-order chi connectivity index (χ1) is 9.53. The lowest BCUT2D eigenvalue weighted by molar-refractivity contribution is 0.195. The van der Waals surface area contributed by atoms with Crippen molar-refractivity contribution in [2.75, 3.05) is 6.54 Å². The van der Waals surface area contributed by atoms with Gasteiger partial charge < -0.3 is 5.32 Å². The minimum Gasteiger partial charge on any atom is -0.313 e. The Morgan fingerprint density at radius 3 is 2.75 bits per heavy atom. The molecule has 112 valence electrons. The molecule has 2 atom stereocenters. The Morgan fingerprint density at radius 1 is 1.35 bits per heavy atom. The molecule has 0 spiro atoms. The van der Waals surface area contributed by atoms with Crippen molar-refractivity contribution >= 4 is 0 Å². The topological polar surface area (TPSA) is 12.0 Å². The summed E-state index contributed by atoms with van der Waals surface area (Å²) < 4.78 is 0. The van der Waals surface area contributed by atoms with Gasteiger partial charge in [-0.05, 0) is 56.0 Å². The van der Waals surface area contributed by atoms with Crippen LogP contribution in [0.5, 0.6) is 0 Å². The SMILES string of the molecule is CCCNC(Cc1cccc(C)c1)C1CCCC1(C)C. The molecule has 1 fully saturated rings. The Labute approximate surface area is 125 Å². The van der Waals surface area contributed by atoms with Gasteiger partial charge in [0.1, 0.15) is 0 Å². The maximum absolute atomic E-state index is 3.83. The minimum absolute atomic E-state index is 0.495. The largest absolute Gasteiger partial charge is 0.313 e. The van der Waals surface area contributed by atoms with Gasteiger partial charge in [0.25, 0.3) is 0 Å². The molecule has 2 unspecified atom stereocenters. The maximum Gasteiger partial charge on any atom is 0.0141 e. The summed E-state index contributed by atoms with van der Waals surface area (Å²) in [5, 5.41) is 3.83. The smallest absolute Gasteiger partial charge is 0.0141 e. The summed E-state index contributed by atoms with van der Waals surface area (Å²) in [6.45, 7) is 10.5. The number of hydrogen-bond donors (Lipinski definition) is 1.